The highest BCUT2D eigenvalue weighted by Crippen LogP contribution is 2.28. The van der Waals surface area contributed by atoms with Gasteiger partial charge in [0.15, 0.2) is 0 Å². The van der Waals surface area contributed by atoms with E-state index in [1.54, 1.807) is 0 Å². The van der Waals surface area contributed by atoms with Crippen molar-refractivity contribution < 1.29 is 23.8 Å². The van der Waals surface area contributed by atoms with Crippen molar-refractivity contribution in [2.45, 2.75) is 19.4 Å². The number of amides is 2. The molecule has 1 aliphatic carbocycles. The lowest BCUT2D eigenvalue weighted by atomic mass is 10.4. The molecule has 3 N–H and O–H groups in total. The fourth-order valence-electron chi connectivity index (χ4n) is 1.59. The van der Waals surface area contributed by atoms with E-state index in [9.17, 15) is 9.59 Å². The van der Waals surface area contributed by atoms with Crippen molar-refractivity contribution in [3.05, 3.63) is 23.7 Å². The minimum absolute atomic E-state index is 0.141. The number of aromatic carboxylic acids is 1. The van der Waals surface area contributed by atoms with Crippen LogP contribution < -0.4 is 10.6 Å². The average molecular weight is 282 g/mol. The zero-order valence-electron chi connectivity index (χ0n) is 11.1. The largest absolute Gasteiger partial charge is 0.475 e. The molecule has 0 atom stereocenters. The number of furan rings is 1. The molecule has 0 spiro atoms. The molecule has 0 saturated heterocycles. The molecule has 1 aliphatic rings. The van der Waals surface area contributed by atoms with E-state index in [0.717, 1.165) is 6.61 Å². The zero-order chi connectivity index (χ0) is 14.4. The van der Waals surface area contributed by atoms with Crippen molar-refractivity contribution in [1.29, 1.82) is 0 Å². The third-order valence-corrected chi connectivity index (χ3v) is 2.88. The summed E-state index contributed by atoms with van der Waals surface area (Å²) in [6.45, 7) is 1.85. The number of rotatable bonds is 8. The normalized spacial score (nSPS) is 14.0. The van der Waals surface area contributed by atoms with Crippen LogP contribution in [-0.2, 0) is 11.3 Å². The van der Waals surface area contributed by atoms with Crippen LogP contribution in [0, 0.1) is 5.92 Å². The Balaban J connectivity index is 1.55. The average Bonchev–Trinajstić information content (AvgIpc) is 3.11. The number of nitrogens with one attached hydrogen (secondary N) is 2. The minimum atomic E-state index is -1.13. The SMILES string of the molecule is O=C(NCCOCC1CC1)NCc1ccc(C(=O)O)o1. The predicted octanol–water partition coefficient (Wildman–Crippen LogP) is 1.20. The maximum Gasteiger partial charge on any atom is 0.371 e. The topological polar surface area (TPSA) is 101 Å². The summed E-state index contributed by atoms with van der Waals surface area (Å²) >= 11 is 0. The van der Waals surface area contributed by atoms with Gasteiger partial charge < -0.3 is 24.9 Å². The van der Waals surface area contributed by atoms with Crippen molar-refractivity contribution >= 4 is 12.0 Å². The van der Waals surface area contributed by atoms with E-state index in [0.29, 0.717) is 24.8 Å². The highest BCUT2D eigenvalue weighted by molar-refractivity contribution is 5.84. The van der Waals surface area contributed by atoms with Gasteiger partial charge in [-0.3, -0.25) is 0 Å². The van der Waals surface area contributed by atoms with E-state index < -0.39 is 5.97 Å². The molecule has 0 bridgehead atoms. The van der Waals surface area contributed by atoms with Gasteiger partial charge >= 0.3 is 12.0 Å². The number of carboxylic acids is 1. The molecule has 7 heteroatoms. The molecule has 7 nitrogen and oxygen atoms in total. The van der Waals surface area contributed by atoms with Gasteiger partial charge in [-0.2, -0.15) is 0 Å². The molecule has 1 aromatic heterocycles. The summed E-state index contributed by atoms with van der Waals surface area (Å²) in [4.78, 5) is 22.0. The Morgan fingerprint density at radius 3 is 2.80 bits per heavy atom. The fraction of sp³-hybridized carbons (Fsp3) is 0.538. The molecule has 2 rings (SSSR count). The second-order valence-corrected chi connectivity index (χ2v) is 4.70. The first-order chi connectivity index (χ1) is 9.65. The number of hydrogen-bond acceptors (Lipinski definition) is 4. The summed E-state index contributed by atoms with van der Waals surface area (Å²) in [7, 11) is 0. The van der Waals surface area contributed by atoms with Crippen LogP contribution >= 0.6 is 0 Å². The molecule has 110 valence electrons. The van der Waals surface area contributed by atoms with Gasteiger partial charge in [-0.15, -0.1) is 0 Å². The molecular weight excluding hydrogens is 264 g/mol. The van der Waals surface area contributed by atoms with E-state index in [1.165, 1.54) is 25.0 Å². The molecule has 0 radical (unpaired) electrons. The Morgan fingerprint density at radius 2 is 2.15 bits per heavy atom. The Morgan fingerprint density at radius 1 is 1.35 bits per heavy atom. The zero-order valence-corrected chi connectivity index (χ0v) is 11.1. The molecule has 2 amide bonds. The Bertz CT molecular complexity index is 467. The van der Waals surface area contributed by atoms with Gasteiger partial charge in [-0.1, -0.05) is 0 Å². The first kappa shape index (κ1) is 14.4. The number of carboxylic acid groups (broad SMARTS) is 1. The summed E-state index contributed by atoms with van der Waals surface area (Å²) < 4.78 is 10.4. The summed E-state index contributed by atoms with van der Waals surface area (Å²) in [5, 5.41) is 13.9. The summed E-state index contributed by atoms with van der Waals surface area (Å²) in [6, 6.07) is 2.53. The maximum absolute atomic E-state index is 11.4. The van der Waals surface area contributed by atoms with E-state index in [1.807, 2.05) is 0 Å². The highest BCUT2D eigenvalue weighted by Gasteiger charge is 2.20. The predicted molar refractivity (Wildman–Crippen MR) is 69.4 cm³/mol. The van der Waals surface area contributed by atoms with Crippen LogP contribution in [0.5, 0.6) is 0 Å². The van der Waals surface area contributed by atoms with Crippen molar-refractivity contribution in [2.24, 2.45) is 5.92 Å². The number of ether oxygens (including phenoxy) is 1. The molecule has 1 fully saturated rings. The van der Waals surface area contributed by atoms with Crippen molar-refractivity contribution in [3.8, 4) is 0 Å². The second kappa shape index (κ2) is 6.95. The third kappa shape index (κ3) is 4.93. The standard InChI is InChI=1S/C13H18N2O5/c16-12(17)11-4-3-10(20-11)7-15-13(18)14-5-6-19-8-9-1-2-9/h3-4,9H,1-2,5-8H2,(H,16,17)(H2,14,15,18). The van der Waals surface area contributed by atoms with Crippen molar-refractivity contribution in [3.63, 3.8) is 0 Å². The molecule has 1 saturated carbocycles. The summed E-state index contributed by atoms with van der Waals surface area (Å²) in [5.41, 5.74) is 0. The number of carbonyl (C=O) groups is 2. The molecule has 1 heterocycles. The molecule has 0 aromatic carbocycles. The molecule has 0 unspecified atom stereocenters. The Kier molecular flexibility index (Phi) is 5.00. The Labute approximate surface area is 116 Å². The lowest BCUT2D eigenvalue weighted by molar-refractivity contribution is 0.0660. The van der Waals surface area contributed by atoms with Gasteiger partial charge in [-0.05, 0) is 30.9 Å². The molecule has 20 heavy (non-hydrogen) atoms. The van der Waals surface area contributed by atoms with Gasteiger partial charge in [0.05, 0.1) is 13.2 Å². The number of hydrogen-bond donors (Lipinski definition) is 3. The second-order valence-electron chi connectivity index (χ2n) is 4.70. The van der Waals surface area contributed by atoms with E-state index in [-0.39, 0.29) is 18.3 Å². The number of carbonyl (C=O) groups excluding carboxylic acids is 1. The molecule has 0 aliphatic heterocycles. The first-order valence-corrected chi connectivity index (χ1v) is 6.56. The van der Waals surface area contributed by atoms with Crippen LogP contribution in [0.1, 0.15) is 29.2 Å². The minimum Gasteiger partial charge on any atom is -0.475 e. The van der Waals surface area contributed by atoms with Crippen LogP contribution in [0.2, 0.25) is 0 Å². The van der Waals surface area contributed by atoms with Crippen LogP contribution in [0.3, 0.4) is 0 Å². The summed E-state index contributed by atoms with van der Waals surface area (Å²) in [6.07, 6.45) is 2.49. The monoisotopic (exact) mass is 282 g/mol. The lowest BCUT2D eigenvalue weighted by Crippen LogP contribution is -2.36. The van der Waals surface area contributed by atoms with Crippen LogP contribution in [0.25, 0.3) is 0 Å². The van der Waals surface area contributed by atoms with Gasteiger partial charge in [0, 0.05) is 13.2 Å². The van der Waals surface area contributed by atoms with E-state index in [2.05, 4.69) is 10.6 Å². The first-order valence-electron chi connectivity index (χ1n) is 6.56. The summed E-state index contributed by atoms with van der Waals surface area (Å²) in [5.74, 6) is -0.169. The highest BCUT2D eigenvalue weighted by atomic mass is 16.5. The Hall–Kier alpha value is -2.02. The van der Waals surface area contributed by atoms with Gasteiger partial charge in [0.1, 0.15) is 5.76 Å². The quantitative estimate of drug-likeness (QED) is 0.622. The van der Waals surface area contributed by atoms with Gasteiger partial charge in [-0.25, -0.2) is 9.59 Å². The van der Waals surface area contributed by atoms with E-state index in [4.69, 9.17) is 14.3 Å². The fourth-order valence-corrected chi connectivity index (χ4v) is 1.59. The van der Waals surface area contributed by atoms with Crippen LogP contribution in [0.4, 0.5) is 4.79 Å². The number of urea groups is 1. The van der Waals surface area contributed by atoms with Crippen molar-refractivity contribution in [2.75, 3.05) is 19.8 Å². The van der Waals surface area contributed by atoms with Crippen LogP contribution in [0.15, 0.2) is 16.5 Å². The molecule has 1 aromatic rings. The maximum atomic E-state index is 11.4. The van der Waals surface area contributed by atoms with E-state index >= 15 is 0 Å². The smallest absolute Gasteiger partial charge is 0.371 e. The lowest BCUT2D eigenvalue weighted by Gasteiger charge is -2.07. The van der Waals surface area contributed by atoms with Gasteiger partial charge in [0.25, 0.3) is 0 Å². The van der Waals surface area contributed by atoms with Crippen LogP contribution in [-0.4, -0.2) is 36.9 Å². The van der Waals surface area contributed by atoms with Gasteiger partial charge in [0.2, 0.25) is 5.76 Å². The van der Waals surface area contributed by atoms with Crippen molar-refractivity contribution in [1.82, 2.24) is 10.6 Å². The molecular formula is C13H18N2O5. The third-order valence-electron chi connectivity index (χ3n) is 2.88.